The number of hydrogen-bond donors (Lipinski definition) is 0. The lowest BCUT2D eigenvalue weighted by atomic mass is 10.0. The van der Waals surface area contributed by atoms with Crippen molar-refractivity contribution in [2.24, 2.45) is 0 Å². The van der Waals surface area contributed by atoms with Gasteiger partial charge < -0.3 is 9.64 Å². The van der Waals surface area contributed by atoms with Crippen molar-refractivity contribution in [3.63, 3.8) is 0 Å². The van der Waals surface area contributed by atoms with Crippen LogP contribution in [0.2, 0.25) is 0 Å². The van der Waals surface area contributed by atoms with Gasteiger partial charge in [-0.3, -0.25) is 4.98 Å². The normalized spacial score (nSPS) is 16.6. The number of pyridine rings is 1. The Morgan fingerprint density at radius 1 is 1.40 bits per heavy atom. The van der Waals surface area contributed by atoms with Gasteiger partial charge in [0.2, 0.25) is 0 Å². The van der Waals surface area contributed by atoms with E-state index < -0.39 is 0 Å². The van der Waals surface area contributed by atoms with Crippen LogP contribution in [0.5, 0.6) is 5.75 Å². The van der Waals surface area contributed by atoms with Crippen LogP contribution in [0.15, 0.2) is 18.5 Å². The predicted molar refractivity (Wildman–Crippen MR) is 61.4 cm³/mol. The minimum atomic E-state index is 0.129. The summed E-state index contributed by atoms with van der Waals surface area (Å²) in [5.41, 5.74) is 1.29. The number of nitrogens with zero attached hydrogens (tertiary/aromatic N) is 2. The number of anilines is 1. The van der Waals surface area contributed by atoms with Gasteiger partial charge >= 0.3 is 0 Å². The zero-order valence-corrected chi connectivity index (χ0v) is 9.66. The van der Waals surface area contributed by atoms with E-state index in [4.69, 9.17) is 4.74 Å². The first kappa shape index (κ1) is 10.3. The summed E-state index contributed by atoms with van der Waals surface area (Å²) in [6.45, 7) is 8.50. The molecule has 0 radical (unpaired) electrons. The molecule has 3 heteroatoms. The summed E-state index contributed by atoms with van der Waals surface area (Å²) in [6.07, 6.45) is 4.69. The Morgan fingerprint density at radius 3 is 2.93 bits per heavy atom. The zero-order chi connectivity index (χ0) is 10.9. The Hall–Kier alpha value is -1.25. The molecule has 15 heavy (non-hydrogen) atoms. The molecule has 0 spiro atoms. The molecule has 0 amide bonds. The van der Waals surface area contributed by atoms with Crippen LogP contribution in [-0.4, -0.2) is 23.7 Å². The minimum Gasteiger partial charge on any atom is -0.490 e. The van der Waals surface area contributed by atoms with Crippen molar-refractivity contribution in [2.75, 3.05) is 18.1 Å². The lowest BCUT2D eigenvalue weighted by molar-refractivity contribution is 0.320. The molecule has 0 bridgehead atoms. The Bertz CT molecular complexity index is 344. The minimum absolute atomic E-state index is 0.129. The topological polar surface area (TPSA) is 25.4 Å². The first-order valence-corrected chi connectivity index (χ1v) is 5.43. The van der Waals surface area contributed by atoms with Gasteiger partial charge in [-0.2, -0.15) is 0 Å². The molecule has 2 rings (SSSR count). The predicted octanol–water partition coefficient (Wildman–Crippen LogP) is 2.47. The van der Waals surface area contributed by atoms with Gasteiger partial charge in [0.25, 0.3) is 0 Å². The molecule has 0 aromatic carbocycles. The Kier molecular flexibility index (Phi) is 2.55. The van der Waals surface area contributed by atoms with E-state index in [-0.39, 0.29) is 5.54 Å². The van der Waals surface area contributed by atoms with Crippen molar-refractivity contribution >= 4 is 5.69 Å². The third-order valence-corrected chi connectivity index (χ3v) is 2.65. The third kappa shape index (κ3) is 2.06. The lowest BCUT2D eigenvalue weighted by Crippen LogP contribution is -2.41. The van der Waals surface area contributed by atoms with E-state index >= 15 is 0 Å². The van der Waals surface area contributed by atoms with E-state index in [0.29, 0.717) is 0 Å². The SMILES string of the molecule is CC(C)(C)N1CCCOc2cnccc21. The fourth-order valence-corrected chi connectivity index (χ4v) is 1.93. The van der Waals surface area contributed by atoms with Crippen molar-refractivity contribution in [1.82, 2.24) is 4.98 Å². The molecule has 0 saturated heterocycles. The van der Waals surface area contributed by atoms with Gasteiger partial charge in [0, 0.05) is 18.3 Å². The van der Waals surface area contributed by atoms with E-state index in [9.17, 15) is 0 Å². The van der Waals surface area contributed by atoms with Crippen LogP contribution in [0.3, 0.4) is 0 Å². The fourth-order valence-electron chi connectivity index (χ4n) is 1.93. The standard InChI is InChI=1S/C12H18N2O/c1-12(2,3)14-7-4-8-15-11-9-13-6-5-10(11)14/h5-6,9H,4,7-8H2,1-3H3. The second-order valence-corrected chi connectivity index (χ2v) is 4.87. The van der Waals surface area contributed by atoms with Crippen molar-refractivity contribution in [3.8, 4) is 5.75 Å². The molecule has 1 aromatic heterocycles. The molecule has 3 nitrogen and oxygen atoms in total. The maximum atomic E-state index is 5.67. The highest BCUT2D eigenvalue weighted by molar-refractivity contribution is 5.59. The Labute approximate surface area is 91.1 Å². The molecular weight excluding hydrogens is 188 g/mol. The van der Waals surface area contributed by atoms with Crippen molar-refractivity contribution in [3.05, 3.63) is 18.5 Å². The molecule has 0 saturated carbocycles. The average molecular weight is 206 g/mol. The maximum absolute atomic E-state index is 5.67. The van der Waals surface area contributed by atoms with E-state index in [2.05, 4.69) is 30.7 Å². The van der Waals surface area contributed by atoms with E-state index in [1.807, 2.05) is 12.3 Å². The van der Waals surface area contributed by atoms with Crippen LogP contribution in [0.1, 0.15) is 27.2 Å². The van der Waals surface area contributed by atoms with Crippen LogP contribution in [0, 0.1) is 0 Å². The molecule has 1 aliphatic heterocycles. The second kappa shape index (κ2) is 3.72. The second-order valence-electron chi connectivity index (χ2n) is 4.87. The molecule has 1 aliphatic rings. The largest absolute Gasteiger partial charge is 0.490 e. The number of hydrogen-bond acceptors (Lipinski definition) is 3. The molecular formula is C12H18N2O. The maximum Gasteiger partial charge on any atom is 0.160 e. The number of fused-ring (bicyclic) bond motifs is 1. The molecule has 0 aliphatic carbocycles. The highest BCUT2D eigenvalue weighted by atomic mass is 16.5. The van der Waals surface area contributed by atoms with Gasteiger partial charge in [0.05, 0.1) is 18.5 Å². The molecule has 2 heterocycles. The molecule has 0 unspecified atom stereocenters. The quantitative estimate of drug-likeness (QED) is 0.652. The summed E-state index contributed by atoms with van der Waals surface area (Å²) in [5, 5.41) is 0. The van der Waals surface area contributed by atoms with Gasteiger partial charge in [0.1, 0.15) is 0 Å². The van der Waals surface area contributed by atoms with Crippen LogP contribution < -0.4 is 9.64 Å². The van der Waals surface area contributed by atoms with Gasteiger partial charge in [-0.25, -0.2) is 0 Å². The highest BCUT2D eigenvalue weighted by Gasteiger charge is 2.25. The van der Waals surface area contributed by atoms with E-state index in [0.717, 1.165) is 31.0 Å². The van der Waals surface area contributed by atoms with Crippen LogP contribution in [-0.2, 0) is 0 Å². The van der Waals surface area contributed by atoms with Crippen LogP contribution in [0.25, 0.3) is 0 Å². The molecule has 0 atom stereocenters. The fraction of sp³-hybridized carbons (Fsp3) is 0.583. The summed E-state index contributed by atoms with van der Waals surface area (Å²) < 4.78 is 5.67. The average Bonchev–Trinajstić information content (AvgIpc) is 2.38. The van der Waals surface area contributed by atoms with Crippen molar-refractivity contribution < 1.29 is 4.74 Å². The number of rotatable bonds is 0. The highest BCUT2D eigenvalue weighted by Crippen LogP contribution is 2.33. The summed E-state index contributed by atoms with van der Waals surface area (Å²) in [6, 6.07) is 2.03. The summed E-state index contributed by atoms with van der Waals surface area (Å²) in [7, 11) is 0. The van der Waals surface area contributed by atoms with Gasteiger partial charge in [-0.1, -0.05) is 0 Å². The molecule has 82 valence electrons. The van der Waals surface area contributed by atoms with Gasteiger partial charge in [0.15, 0.2) is 5.75 Å². The smallest absolute Gasteiger partial charge is 0.160 e. The Morgan fingerprint density at radius 2 is 2.20 bits per heavy atom. The van der Waals surface area contributed by atoms with E-state index in [1.165, 1.54) is 0 Å². The van der Waals surface area contributed by atoms with Gasteiger partial charge in [-0.05, 0) is 33.3 Å². The monoisotopic (exact) mass is 206 g/mol. The Balaban J connectivity index is 2.41. The summed E-state index contributed by atoms with van der Waals surface area (Å²) in [4.78, 5) is 6.49. The third-order valence-electron chi connectivity index (χ3n) is 2.65. The summed E-state index contributed by atoms with van der Waals surface area (Å²) in [5.74, 6) is 0.907. The van der Waals surface area contributed by atoms with Gasteiger partial charge in [-0.15, -0.1) is 0 Å². The summed E-state index contributed by atoms with van der Waals surface area (Å²) >= 11 is 0. The van der Waals surface area contributed by atoms with E-state index in [1.54, 1.807) is 6.20 Å². The van der Waals surface area contributed by atoms with Crippen LogP contribution >= 0.6 is 0 Å². The molecule has 0 N–H and O–H groups in total. The van der Waals surface area contributed by atoms with Crippen LogP contribution in [0.4, 0.5) is 5.69 Å². The van der Waals surface area contributed by atoms with Crippen molar-refractivity contribution in [2.45, 2.75) is 32.7 Å². The first-order valence-electron chi connectivity index (χ1n) is 5.43. The lowest BCUT2D eigenvalue weighted by Gasteiger charge is -2.36. The first-order chi connectivity index (χ1) is 7.09. The molecule has 1 aromatic rings. The zero-order valence-electron chi connectivity index (χ0n) is 9.66. The van der Waals surface area contributed by atoms with Crippen molar-refractivity contribution in [1.29, 1.82) is 0 Å². The number of ether oxygens (including phenoxy) is 1. The molecule has 0 fully saturated rings. The number of aromatic nitrogens is 1.